The number of carbonyl (C=O) groups excluding carboxylic acids is 1. The van der Waals surface area contributed by atoms with Gasteiger partial charge in [-0.25, -0.2) is 4.98 Å². The van der Waals surface area contributed by atoms with Gasteiger partial charge in [0.05, 0.1) is 5.56 Å². The maximum absolute atomic E-state index is 12.3. The zero-order valence-corrected chi connectivity index (χ0v) is 12.0. The van der Waals surface area contributed by atoms with Crippen molar-refractivity contribution in [3.05, 3.63) is 53.2 Å². The maximum atomic E-state index is 12.3. The van der Waals surface area contributed by atoms with Crippen LogP contribution < -0.4 is 5.32 Å². The number of nitrogens with zero attached hydrogens (tertiary/aromatic N) is 1. The van der Waals surface area contributed by atoms with Gasteiger partial charge in [0.25, 0.3) is 5.91 Å². The van der Waals surface area contributed by atoms with Crippen molar-refractivity contribution in [1.82, 2.24) is 4.98 Å². The van der Waals surface area contributed by atoms with Gasteiger partial charge in [-0.2, -0.15) is 0 Å². The Hall–Kier alpha value is -1.81. The fourth-order valence-electron chi connectivity index (χ4n) is 1.79. The van der Waals surface area contributed by atoms with Crippen molar-refractivity contribution in [2.45, 2.75) is 18.9 Å². The highest BCUT2D eigenvalue weighted by Gasteiger charge is 2.12. The second kappa shape index (κ2) is 5.89. The summed E-state index contributed by atoms with van der Waals surface area (Å²) in [6.45, 7) is 3.99. The Morgan fingerprint density at radius 1 is 1.26 bits per heavy atom. The van der Waals surface area contributed by atoms with E-state index in [0.29, 0.717) is 5.56 Å². The van der Waals surface area contributed by atoms with Crippen LogP contribution in [-0.2, 0) is 0 Å². The average Bonchev–Trinajstić information content (AvgIpc) is 2.42. The van der Waals surface area contributed by atoms with E-state index in [2.05, 4.69) is 10.3 Å². The summed E-state index contributed by atoms with van der Waals surface area (Å²) in [4.78, 5) is 16.5. The van der Waals surface area contributed by atoms with Crippen molar-refractivity contribution in [2.75, 3.05) is 11.6 Å². The van der Waals surface area contributed by atoms with Gasteiger partial charge in [-0.3, -0.25) is 4.79 Å². The van der Waals surface area contributed by atoms with Gasteiger partial charge in [0, 0.05) is 11.9 Å². The largest absolute Gasteiger partial charge is 0.322 e. The number of benzene rings is 1. The van der Waals surface area contributed by atoms with Crippen LogP contribution in [0.25, 0.3) is 0 Å². The summed E-state index contributed by atoms with van der Waals surface area (Å²) in [6, 6.07) is 9.57. The average molecular weight is 272 g/mol. The first-order valence-electron chi connectivity index (χ1n) is 5.99. The topological polar surface area (TPSA) is 42.0 Å². The van der Waals surface area contributed by atoms with Crippen LogP contribution in [0.5, 0.6) is 0 Å². The highest BCUT2D eigenvalue weighted by Crippen LogP contribution is 2.21. The normalized spacial score (nSPS) is 10.3. The molecule has 98 valence electrons. The molecule has 4 heteroatoms. The summed E-state index contributed by atoms with van der Waals surface area (Å²) in [6.07, 6.45) is 3.61. The van der Waals surface area contributed by atoms with Gasteiger partial charge < -0.3 is 5.32 Å². The number of amides is 1. The van der Waals surface area contributed by atoms with Crippen LogP contribution in [0, 0.1) is 13.8 Å². The summed E-state index contributed by atoms with van der Waals surface area (Å²) in [7, 11) is 0. The molecule has 0 fully saturated rings. The zero-order valence-electron chi connectivity index (χ0n) is 11.2. The molecule has 0 aliphatic heterocycles. The first-order valence-corrected chi connectivity index (χ1v) is 7.22. The van der Waals surface area contributed by atoms with E-state index in [1.165, 1.54) is 11.8 Å². The van der Waals surface area contributed by atoms with Gasteiger partial charge in [-0.15, -0.1) is 11.8 Å². The number of carbonyl (C=O) groups is 1. The number of nitrogens with one attached hydrogen (secondary N) is 1. The number of aryl methyl sites for hydroxylation is 2. The van der Waals surface area contributed by atoms with Crippen LogP contribution >= 0.6 is 11.8 Å². The van der Waals surface area contributed by atoms with E-state index < -0.39 is 0 Å². The molecule has 0 bridgehead atoms. The van der Waals surface area contributed by atoms with Gasteiger partial charge in [-0.1, -0.05) is 12.1 Å². The van der Waals surface area contributed by atoms with Crippen LogP contribution in [0.15, 0.2) is 41.6 Å². The Labute approximate surface area is 117 Å². The Balaban J connectivity index is 2.28. The molecule has 0 saturated carbocycles. The van der Waals surface area contributed by atoms with Crippen LogP contribution in [0.1, 0.15) is 21.5 Å². The predicted molar refractivity (Wildman–Crippen MR) is 79.9 cm³/mol. The molecular weight excluding hydrogens is 256 g/mol. The summed E-state index contributed by atoms with van der Waals surface area (Å²) in [5.74, 6) is -0.119. The Kier molecular flexibility index (Phi) is 4.22. The molecule has 1 amide bonds. The molecule has 19 heavy (non-hydrogen) atoms. The number of thioether (sulfide) groups is 1. The minimum atomic E-state index is -0.119. The molecule has 3 nitrogen and oxygen atoms in total. The quantitative estimate of drug-likeness (QED) is 0.867. The van der Waals surface area contributed by atoms with E-state index in [-0.39, 0.29) is 5.91 Å². The second-order valence-corrected chi connectivity index (χ2v) is 5.13. The summed E-state index contributed by atoms with van der Waals surface area (Å²) >= 11 is 1.47. The van der Waals surface area contributed by atoms with E-state index in [9.17, 15) is 4.79 Å². The standard InChI is InChI=1S/C15H16N2OS/c1-10-6-7-11(2)13(9-10)17-14(18)12-5-4-8-16-15(12)19-3/h4-9H,1-3H3,(H,17,18). The fraction of sp³-hybridized carbons (Fsp3) is 0.200. The van der Waals surface area contributed by atoms with Crippen LogP contribution in [0.3, 0.4) is 0 Å². The molecule has 1 aromatic carbocycles. The van der Waals surface area contributed by atoms with Gasteiger partial charge in [0.1, 0.15) is 5.03 Å². The highest BCUT2D eigenvalue weighted by atomic mass is 32.2. The lowest BCUT2D eigenvalue weighted by Crippen LogP contribution is -2.14. The SMILES string of the molecule is CSc1ncccc1C(=O)Nc1cc(C)ccc1C. The van der Waals surface area contributed by atoms with Crippen molar-refractivity contribution < 1.29 is 4.79 Å². The van der Waals surface area contributed by atoms with Gasteiger partial charge >= 0.3 is 0 Å². The first kappa shape index (κ1) is 13.6. The molecule has 0 aliphatic carbocycles. The highest BCUT2D eigenvalue weighted by molar-refractivity contribution is 7.98. The van der Waals surface area contributed by atoms with Crippen molar-refractivity contribution >= 4 is 23.4 Å². The number of hydrogen-bond donors (Lipinski definition) is 1. The molecule has 0 saturated heterocycles. The van der Waals surface area contributed by atoms with E-state index in [1.807, 2.05) is 38.3 Å². The van der Waals surface area contributed by atoms with E-state index in [0.717, 1.165) is 21.8 Å². The van der Waals surface area contributed by atoms with Gasteiger partial charge in [0.15, 0.2) is 0 Å². The first-order chi connectivity index (χ1) is 9.11. The van der Waals surface area contributed by atoms with Gasteiger partial charge in [0.2, 0.25) is 0 Å². The van der Waals surface area contributed by atoms with Crippen molar-refractivity contribution in [3.8, 4) is 0 Å². The number of aromatic nitrogens is 1. The molecule has 0 radical (unpaired) electrons. The Bertz CT molecular complexity index is 611. The molecule has 1 N–H and O–H groups in total. The third kappa shape index (κ3) is 3.15. The summed E-state index contributed by atoms with van der Waals surface area (Å²) in [5, 5.41) is 3.69. The summed E-state index contributed by atoms with van der Waals surface area (Å²) < 4.78 is 0. The zero-order chi connectivity index (χ0) is 13.8. The molecular formula is C15H16N2OS. The third-order valence-corrected chi connectivity index (χ3v) is 3.56. The smallest absolute Gasteiger partial charge is 0.258 e. The van der Waals surface area contributed by atoms with Crippen LogP contribution in [0.4, 0.5) is 5.69 Å². The van der Waals surface area contributed by atoms with Gasteiger partial charge in [-0.05, 0) is 49.4 Å². The summed E-state index contributed by atoms with van der Waals surface area (Å²) in [5.41, 5.74) is 3.63. The van der Waals surface area contributed by atoms with Crippen molar-refractivity contribution in [2.24, 2.45) is 0 Å². The van der Waals surface area contributed by atoms with E-state index >= 15 is 0 Å². The molecule has 2 rings (SSSR count). The number of anilines is 1. The lowest BCUT2D eigenvalue weighted by molar-refractivity contribution is 0.102. The second-order valence-electron chi connectivity index (χ2n) is 4.33. The predicted octanol–water partition coefficient (Wildman–Crippen LogP) is 3.67. The lowest BCUT2D eigenvalue weighted by atomic mass is 10.1. The molecule has 1 aromatic heterocycles. The Morgan fingerprint density at radius 3 is 2.79 bits per heavy atom. The van der Waals surface area contributed by atoms with Crippen molar-refractivity contribution in [3.63, 3.8) is 0 Å². The van der Waals surface area contributed by atoms with E-state index in [1.54, 1.807) is 18.3 Å². The van der Waals surface area contributed by atoms with E-state index in [4.69, 9.17) is 0 Å². The Morgan fingerprint density at radius 2 is 2.05 bits per heavy atom. The molecule has 1 heterocycles. The van der Waals surface area contributed by atoms with Crippen LogP contribution in [0.2, 0.25) is 0 Å². The molecule has 0 aliphatic rings. The fourth-order valence-corrected chi connectivity index (χ4v) is 2.33. The minimum absolute atomic E-state index is 0.119. The molecule has 0 atom stereocenters. The molecule has 2 aromatic rings. The monoisotopic (exact) mass is 272 g/mol. The minimum Gasteiger partial charge on any atom is -0.322 e. The van der Waals surface area contributed by atoms with Crippen LogP contribution in [-0.4, -0.2) is 17.1 Å². The third-order valence-electron chi connectivity index (χ3n) is 2.85. The van der Waals surface area contributed by atoms with Crippen molar-refractivity contribution in [1.29, 1.82) is 0 Å². The lowest BCUT2D eigenvalue weighted by Gasteiger charge is -2.10. The number of rotatable bonds is 3. The maximum Gasteiger partial charge on any atom is 0.258 e. The molecule has 0 unspecified atom stereocenters. The number of hydrogen-bond acceptors (Lipinski definition) is 3. The molecule has 0 spiro atoms. The number of pyridine rings is 1.